The molecule has 0 radical (unpaired) electrons. The SMILES string of the molecule is CC(C)CCC(=O)c1ccc2c(ccn2S(=O)(=O)C2(C)C=CC=CC2)c1. The van der Waals surface area contributed by atoms with E-state index in [9.17, 15) is 13.2 Å². The van der Waals surface area contributed by atoms with E-state index in [0.29, 0.717) is 29.8 Å². The number of ketones is 1. The fourth-order valence-electron chi connectivity index (χ4n) is 3.19. The minimum Gasteiger partial charge on any atom is -0.294 e. The number of fused-ring (bicyclic) bond motifs is 1. The van der Waals surface area contributed by atoms with E-state index in [2.05, 4.69) is 13.8 Å². The van der Waals surface area contributed by atoms with Crippen molar-refractivity contribution in [2.24, 2.45) is 5.92 Å². The summed E-state index contributed by atoms with van der Waals surface area (Å²) in [6.45, 7) is 5.92. The first-order valence-corrected chi connectivity index (χ1v) is 10.4. The van der Waals surface area contributed by atoms with Crippen LogP contribution in [0.2, 0.25) is 0 Å². The van der Waals surface area contributed by atoms with Crippen LogP contribution in [0.15, 0.2) is 54.8 Å². The van der Waals surface area contributed by atoms with Crippen LogP contribution >= 0.6 is 0 Å². The van der Waals surface area contributed by atoms with Crippen molar-refractivity contribution in [2.45, 2.75) is 44.8 Å². The molecule has 4 nitrogen and oxygen atoms in total. The van der Waals surface area contributed by atoms with Crippen LogP contribution in [-0.2, 0) is 10.0 Å². The summed E-state index contributed by atoms with van der Waals surface area (Å²) in [6.07, 6.45) is 10.6. The third-order valence-corrected chi connectivity index (χ3v) is 7.31. The Balaban J connectivity index is 1.96. The van der Waals surface area contributed by atoms with E-state index in [1.165, 1.54) is 3.97 Å². The van der Waals surface area contributed by atoms with Gasteiger partial charge in [-0.05, 0) is 49.9 Å². The van der Waals surface area contributed by atoms with Gasteiger partial charge in [0.25, 0.3) is 0 Å². The van der Waals surface area contributed by atoms with Gasteiger partial charge in [0.05, 0.1) is 5.52 Å². The Morgan fingerprint density at radius 2 is 2.00 bits per heavy atom. The first-order valence-electron chi connectivity index (χ1n) is 8.98. The third-order valence-electron chi connectivity index (χ3n) is 4.99. The lowest BCUT2D eigenvalue weighted by molar-refractivity contribution is 0.0975. The van der Waals surface area contributed by atoms with Crippen molar-refractivity contribution >= 4 is 26.7 Å². The first kappa shape index (κ1) is 18.6. The number of carbonyl (C=O) groups is 1. The topological polar surface area (TPSA) is 56.1 Å². The molecule has 1 unspecified atom stereocenters. The summed E-state index contributed by atoms with van der Waals surface area (Å²) in [5, 5.41) is 0.767. The molecule has 0 bridgehead atoms. The number of rotatable bonds is 6. The van der Waals surface area contributed by atoms with Crippen molar-refractivity contribution in [1.29, 1.82) is 0 Å². The van der Waals surface area contributed by atoms with Crippen LogP contribution in [0, 0.1) is 5.92 Å². The van der Waals surface area contributed by atoms with Crippen molar-refractivity contribution in [3.63, 3.8) is 0 Å². The lowest BCUT2D eigenvalue weighted by Crippen LogP contribution is -2.37. The monoisotopic (exact) mass is 371 g/mol. The van der Waals surface area contributed by atoms with Gasteiger partial charge in [0.2, 0.25) is 10.0 Å². The van der Waals surface area contributed by atoms with Gasteiger partial charge in [-0.25, -0.2) is 12.4 Å². The molecular weight excluding hydrogens is 346 g/mol. The Morgan fingerprint density at radius 3 is 2.65 bits per heavy atom. The lowest BCUT2D eigenvalue weighted by atomic mass is 10.0. The number of hydrogen-bond donors (Lipinski definition) is 0. The van der Waals surface area contributed by atoms with Gasteiger partial charge in [-0.1, -0.05) is 38.2 Å². The molecule has 1 aromatic carbocycles. The van der Waals surface area contributed by atoms with Crippen LogP contribution in [0.1, 0.15) is 50.4 Å². The molecule has 1 heterocycles. The van der Waals surface area contributed by atoms with Crippen LogP contribution < -0.4 is 0 Å². The molecular formula is C21H25NO3S. The normalized spacial score (nSPS) is 20.2. The van der Waals surface area contributed by atoms with Crippen LogP contribution in [0.4, 0.5) is 0 Å². The number of Topliss-reactive ketones (excluding diaryl/α,β-unsaturated/α-hetero) is 1. The molecule has 0 amide bonds. The highest BCUT2D eigenvalue weighted by molar-refractivity contribution is 7.91. The highest BCUT2D eigenvalue weighted by atomic mass is 32.2. The molecule has 1 atom stereocenters. The van der Waals surface area contributed by atoms with Gasteiger partial charge in [-0.3, -0.25) is 4.79 Å². The predicted octanol–water partition coefficient (Wildman–Crippen LogP) is 4.71. The lowest BCUT2D eigenvalue weighted by Gasteiger charge is -2.27. The molecule has 3 rings (SSSR count). The number of aromatic nitrogens is 1. The molecule has 0 spiro atoms. The van der Waals surface area contributed by atoms with Crippen molar-refractivity contribution in [2.75, 3.05) is 0 Å². The molecule has 1 aliphatic carbocycles. The van der Waals surface area contributed by atoms with Crippen molar-refractivity contribution in [3.05, 3.63) is 60.3 Å². The van der Waals surface area contributed by atoms with Crippen LogP contribution in [-0.4, -0.2) is 22.9 Å². The van der Waals surface area contributed by atoms with Crippen LogP contribution in [0.3, 0.4) is 0 Å². The molecule has 0 N–H and O–H groups in total. The Morgan fingerprint density at radius 1 is 1.23 bits per heavy atom. The highest BCUT2D eigenvalue weighted by Crippen LogP contribution is 2.31. The Kier molecular flexibility index (Phi) is 4.93. The zero-order valence-electron chi connectivity index (χ0n) is 15.5. The fourth-order valence-corrected chi connectivity index (χ4v) is 4.84. The van der Waals surface area contributed by atoms with E-state index in [-0.39, 0.29) is 5.78 Å². The van der Waals surface area contributed by atoms with E-state index < -0.39 is 14.8 Å². The van der Waals surface area contributed by atoms with E-state index in [4.69, 9.17) is 0 Å². The fraction of sp³-hybridized carbons (Fsp3) is 0.381. The minimum absolute atomic E-state index is 0.100. The molecule has 2 aromatic rings. The van der Waals surface area contributed by atoms with E-state index in [0.717, 1.165) is 11.8 Å². The third kappa shape index (κ3) is 3.28. The smallest absolute Gasteiger partial charge is 0.248 e. The number of nitrogens with zero attached hydrogens (tertiary/aromatic N) is 1. The summed E-state index contributed by atoms with van der Waals surface area (Å²) in [5.74, 6) is 0.579. The second kappa shape index (κ2) is 6.88. The summed E-state index contributed by atoms with van der Waals surface area (Å²) >= 11 is 0. The molecule has 1 aromatic heterocycles. The van der Waals surface area contributed by atoms with Gasteiger partial charge in [0.1, 0.15) is 4.75 Å². The second-order valence-corrected chi connectivity index (χ2v) is 9.83. The average Bonchev–Trinajstić information content (AvgIpc) is 3.04. The zero-order chi connectivity index (χ0) is 18.9. The van der Waals surface area contributed by atoms with E-state index >= 15 is 0 Å². The summed E-state index contributed by atoms with van der Waals surface area (Å²) in [4.78, 5) is 12.4. The maximum atomic E-state index is 13.2. The molecule has 26 heavy (non-hydrogen) atoms. The Bertz CT molecular complexity index is 995. The summed E-state index contributed by atoms with van der Waals surface area (Å²) < 4.78 is 26.8. The standard InChI is InChI=1S/C21H25NO3S/c1-16(2)7-10-20(23)18-8-9-19-17(15-18)11-14-22(19)26(24,25)21(3)12-5-4-6-13-21/h4-6,8-9,11-12,14-16H,7,10,13H2,1-3H3. The first-order chi connectivity index (χ1) is 12.2. The van der Waals surface area contributed by atoms with Crippen LogP contribution in [0.25, 0.3) is 10.9 Å². The van der Waals surface area contributed by atoms with Crippen molar-refractivity contribution in [1.82, 2.24) is 3.97 Å². The number of allylic oxidation sites excluding steroid dienone is 3. The molecule has 0 saturated heterocycles. The molecule has 0 fully saturated rings. The van der Waals surface area contributed by atoms with Gasteiger partial charge >= 0.3 is 0 Å². The molecule has 1 aliphatic rings. The predicted molar refractivity (Wildman–Crippen MR) is 106 cm³/mol. The summed E-state index contributed by atoms with van der Waals surface area (Å²) in [7, 11) is -3.61. The van der Waals surface area contributed by atoms with Gasteiger partial charge in [0, 0.05) is 23.6 Å². The minimum atomic E-state index is -3.61. The van der Waals surface area contributed by atoms with Crippen molar-refractivity contribution < 1.29 is 13.2 Å². The highest BCUT2D eigenvalue weighted by Gasteiger charge is 2.38. The van der Waals surface area contributed by atoms with E-state index in [1.807, 2.05) is 12.2 Å². The summed E-state index contributed by atoms with van der Waals surface area (Å²) in [6, 6.07) is 7.03. The second-order valence-electron chi connectivity index (χ2n) is 7.55. The van der Waals surface area contributed by atoms with Gasteiger partial charge in [-0.2, -0.15) is 0 Å². The molecule has 5 heteroatoms. The summed E-state index contributed by atoms with van der Waals surface area (Å²) in [5.41, 5.74) is 1.24. The van der Waals surface area contributed by atoms with Crippen LogP contribution in [0.5, 0.6) is 0 Å². The number of hydrogen-bond acceptors (Lipinski definition) is 3. The number of carbonyl (C=O) groups excluding carboxylic acids is 1. The average molecular weight is 372 g/mol. The Hall–Kier alpha value is -2.14. The maximum Gasteiger partial charge on any atom is 0.248 e. The quantitative estimate of drug-likeness (QED) is 0.691. The molecule has 0 aliphatic heterocycles. The van der Waals surface area contributed by atoms with Gasteiger partial charge < -0.3 is 0 Å². The molecule has 138 valence electrons. The zero-order valence-corrected chi connectivity index (χ0v) is 16.3. The van der Waals surface area contributed by atoms with Crippen molar-refractivity contribution in [3.8, 4) is 0 Å². The van der Waals surface area contributed by atoms with Gasteiger partial charge in [0.15, 0.2) is 5.78 Å². The maximum absolute atomic E-state index is 13.2. The largest absolute Gasteiger partial charge is 0.294 e. The Labute approximate surface area is 155 Å². The molecule has 0 saturated carbocycles. The van der Waals surface area contributed by atoms with Gasteiger partial charge in [-0.15, -0.1) is 0 Å². The van der Waals surface area contributed by atoms with E-state index in [1.54, 1.807) is 49.5 Å². The number of benzene rings is 1.